The van der Waals surface area contributed by atoms with Crippen molar-refractivity contribution in [1.29, 1.82) is 0 Å². The Bertz CT molecular complexity index is 887. The van der Waals surface area contributed by atoms with E-state index < -0.39 is 0 Å². The molecule has 3 aromatic rings. The zero-order chi connectivity index (χ0) is 19.4. The fraction of sp³-hybridized carbons (Fsp3) is 0.368. The number of anilines is 1. The predicted molar refractivity (Wildman–Crippen MR) is 111 cm³/mol. The summed E-state index contributed by atoms with van der Waals surface area (Å²) in [4.78, 5) is 16.5. The van der Waals surface area contributed by atoms with Crippen LogP contribution >= 0.6 is 23.1 Å². The molecule has 1 aromatic carbocycles. The van der Waals surface area contributed by atoms with Gasteiger partial charge in [-0.25, -0.2) is 4.98 Å². The number of nitrogens with zero attached hydrogens (tertiary/aromatic N) is 4. The smallest absolute Gasteiger partial charge is 0.239 e. The molecule has 1 unspecified atom stereocenters. The highest BCUT2D eigenvalue weighted by molar-refractivity contribution is 8.00. The number of thiazole rings is 1. The van der Waals surface area contributed by atoms with Gasteiger partial charge in [-0.1, -0.05) is 55.4 Å². The first-order chi connectivity index (χ1) is 12.9. The Balaban J connectivity index is 1.81. The summed E-state index contributed by atoms with van der Waals surface area (Å²) in [6.07, 6.45) is 1.67. The Kier molecular flexibility index (Phi) is 6.28. The number of benzene rings is 1. The molecule has 8 heteroatoms. The lowest BCUT2D eigenvalue weighted by Crippen LogP contribution is -2.23. The van der Waals surface area contributed by atoms with E-state index in [9.17, 15) is 4.79 Å². The van der Waals surface area contributed by atoms with Crippen LogP contribution in [0.4, 0.5) is 5.13 Å². The largest absolute Gasteiger partial charge is 0.302 e. The lowest BCUT2D eigenvalue weighted by atomic mass is 10.1. The molecule has 0 aliphatic heterocycles. The van der Waals surface area contributed by atoms with Crippen LogP contribution in [0.3, 0.4) is 0 Å². The number of carbonyl (C=O) groups excluding carboxylic acids is 1. The summed E-state index contributed by atoms with van der Waals surface area (Å²) in [6.45, 7) is 9.04. The van der Waals surface area contributed by atoms with E-state index in [1.807, 2.05) is 12.3 Å². The Morgan fingerprint density at radius 2 is 1.96 bits per heavy atom. The molecule has 0 spiro atoms. The Labute approximate surface area is 167 Å². The third-order valence-corrected chi connectivity index (χ3v) is 5.66. The fourth-order valence-corrected chi connectivity index (χ4v) is 3.92. The van der Waals surface area contributed by atoms with Crippen LogP contribution in [0.15, 0.2) is 41.0 Å². The van der Waals surface area contributed by atoms with E-state index in [4.69, 9.17) is 0 Å². The van der Waals surface area contributed by atoms with Gasteiger partial charge in [-0.3, -0.25) is 4.79 Å². The van der Waals surface area contributed by atoms with Gasteiger partial charge in [-0.2, -0.15) is 0 Å². The molecule has 0 aliphatic carbocycles. The van der Waals surface area contributed by atoms with Gasteiger partial charge in [0.05, 0.1) is 5.25 Å². The first-order valence-corrected chi connectivity index (χ1v) is 10.6. The van der Waals surface area contributed by atoms with E-state index in [-0.39, 0.29) is 11.2 Å². The van der Waals surface area contributed by atoms with E-state index in [2.05, 4.69) is 70.1 Å². The van der Waals surface area contributed by atoms with Crippen LogP contribution in [0.5, 0.6) is 0 Å². The predicted octanol–water partition coefficient (Wildman–Crippen LogP) is 4.49. The van der Waals surface area contributed by atoms with Crippen molar-refractivity contribution in [3.8, 4) is 11.4 Å². The van der Waals surface area contributed by atoms with Crippen molar-refractivity contribution in [2.75, 3.05) is 5.32 Å². The molecular formula is C19H23N5OS2. The number of hydrogen-bond donors (Lipinski definition) is 1. The number of rotatable bonds is 7. The van der Waals surface area contributed by atoms with E-state index in [0.717, 1.165) is 23.1 Å². The maximum absolute atomic E-state index is 12.4. The standard InChI is InChI=1S/C19H23N5OS2/c1-12(2)11-24-16(15-7-5-13(3)6-8-15)22-23-19(24)27-14(4)17(25)21-18-20-9-10-26-18/h5-10,12,14H,11H2,1-4H3,(H,20,21,25). The van der Waals surface area contributed by atoms with E-state index in [0.29, 0.717) is 11.0 Å². The summed E-state index contributed by atoms with van der Waals surface area (Å²) >= 11 is 2.82. The summed E-state index contributed by atoms with van der Waals surface area (Å²) < 4.78 is 2.10. The van der Waals surface area contributed by atoms with Gasteiger partial charge in [0.15, 0.2) is 16.1 Å². The Morgan fingerprint density at radius 3 is 2.59 bits per heavy atom. The average Bonchev–Trinajstić information content (AvgIpc) is 3.26. The molecule has 142 valence electrons. The van der Waals surface area contributed by atoms with Crippen molar-refractivity contribution in [1.82, 2.24) is 19.7 Å². The second-order valence-corrected chi connectivity index (χ2v) is 8.97. The third-order valence-electron chi connectivity index (χ3n) is 3.89. The number of carbonyl (C=O) groups is 1. The SMILES string of the molecule is Cc1ccc(-c2nnc(SC(C)C(=O)Nc3nccs3)n2CC(C)C)cc1. The molecule has 3 rings (SSSR count). The summed E-state index contributed by atoms with van der Waals surface area (Å²) in [7, 11) is 0. The second kappa shape index (κ2) is 8.67. The normalized spacial score (nSPS) is 12.3. The van der Waals surface area contributed by atoms with Crippen molar-refractivity contribution in [2.24, 2.45) is 5.92 Å². The van der Waals surface area contributed by atoms with E-state index in [1.165, 1.54) is 28.7 Å². The molecule has 6 nitrogen and oxygen atoms in total. The Hall–Kier alpha value is -2.19. The van der Waals surface area contributed by atoms with Gasteiger partial charge in [0.25, 0.3) is 0 Å². The van der Waals surface area contributed by atoms with Crippen LogP contribution < -0.4 is 5.32 Å². The lowest BCUT2D eigenvalue weighted by molar-refractivity contribution is -0.115. The maximum Gasteiger partial charge on any atom is 0.239 e. The monoisotopic (exact) mass is 401 g/mol. The quantitative estimate of drug-likeness (QED) is 0.591. The van der Waals surface area contributed by atoms with Gasteiger partial charge in [-0.05, 0) is 19.8 Å². The number of aromatic nitrogens is 4. The molecule has 0 radical (unpaired) electrons. The minimum atomic E-state index is -0.310. The molecule has 0 saturated carbocycles. The number of amides is 1. The minimum absolute atomic E-state index is 0.0917. The van der Waals surface area contributed by atoms with E-state index in [1.54, 1.807) is 6.20 Å². The molecule has 1 N–H and O–H groups in total. The Morgan fingerprint density at radius 1 is 1.22 bits per heavy atom. The fourth-order valence-electron chi connectivity index (χ4n) is 2.53. The van der Waals surface area contributed by atoms with Gasteiger partial charge >= 0.3 is 0 Å². The highest BCUT2D eigenvalue weighted by atomic mass is 32.2. The number of hydrogen-bond acceptors (Lipinski definition) is 6. The zero-order valence-electron chi connectivity index (χ0n) is 15.8. The molecule has 27 heavy (non-hydrogen) atoms. The van der Waals surface area contributed by atoms with Crippen LogP contribution in [-0.4, -0.2) is 30.9 Å². The summed E-state index contributed by atoms with van der Waals surface area (Å²) in [5.41, 5.74) is 2.23. The number of aryl methyl sites for hydroxylation is 1. The van der Waals surface area contributed by atoms with Crippen LogP contribution in [0.1, 0.15) is 26.3 Å². The lowest BCUT2D eigenvalue weighted by Gasteiger charge is -2.15. The molecule has 1 atom stereocenters. The average molecular weight is 402 g/mol. The summed E-state index contributed by atoms with van der Waals surface area (Å²) in [5, 5.41) is 14.5. The van der Waals surface area contributed by atoms with Crippen LogP contribution in [-0.2, 0) is 11.3 Å². The highest BCUT2D eigenvalue weighted by Crippen LogP contribution is 2.28. The van der Waals surface area contributed by atoms with Crippen molar-refractivity contribution in [3.63, 3.8) is 0 Å². The van der Waals surface area contributed by atoms with Gasteiger partial charge < -0.3 is 9.88 Å². The van der Waals surface area contributed by atoms with Gasteiger partial charge in [-0.15, -0.1) is 21.5 Å². The molecule has 0 bridgehead atoms. The number of nitrogens with one attached hydrogen (secondary N) is 1. The first kappa shape index (κ1) is 19.6. The van der Waals surface area contributed by atoms with Crippen molar-refractivity contribution in [3.05, 3.63) is 41.4 Å². The second-order valence-electron chi connectivity index (χ2n) is 6.76. The summed E-state index contributed by atoms with van der Waals surface area (Å²) in [5.74, 6) is 1.17. The molecule has 0 fully saturated rings. The third kappa shape index (κ3) is 4.95. The van der Waals surface area contributed by atoms with Crippen LogP contribution in [0.25, 0.3) is 11.4 Å². The zero-order valence-corrected chi connectivity index (χ0v) is 17.5. The highest BCUT2D eigenvalue weighted by Gasteiger charge is 2.22. The van der Waals surface area contributed by atoms with Crippen molar-refractivity contribution in [2.45, 2.75) is 44.6 Å². The number of thioether (sulfide) groups is 1. The van der Waals surface area contributed by atoms with Crippen molar-refractivity contribution >= 4 is 34.1 Å². The van der Waals surface area contributed by atoms with Crippen LogP contribution in [0, 0.1) is 12.8 Å². The first-order valence-electron chi connectivity index (χ1n) is 8.81. The molecule has 2 heterocycles. The van der Waals surface area contributed by atoms with Gasteiger partial charge in [0, 0.05) is 23.7 Å². The molecule has 1 amide bonds. The summed E-state index contributed by atoms with van der Waals surface area (Å²) in [6, 6.07) is 8.26. The molecule has 0 saturated heterocycles. The van der Waals surface area contributed by atoms with Crippen LogP contribution in [0.2, 0.25) is 0 Å². The van der Waals surface area contributed by atoms with Gasteiger partial charge in [0.2, 0.25) is 5.91 Å². The molecule has 2 aromatic heterocycles. The molecular weight excluding hydrogens is 378 g/mol. The topological polar surface area (TPSA) is 72.7 Å². The van der Waals surface area contributed by atoms with Crippen molar-refractivity contribution < 1.29 is 4.79 Å². The maximum atomic E-state index is 12.4. The molecule has 0 aliphatic rings. The minimum Gasteiger partial charge on any atom is -0.302 e. The van der Waals surface area contributed by atoms with E-state index >= 15 is 0 Å². The van der Waals surface area contributed by atoms with Gasteiger partial charge in [0.1, 0.15) is 0 Å².